The molecule has 1 aromatic carbocycles. The molecule has 0 saturated carbocycles. The third-order valence-corrected chi connectivity index (χ3v) is 2.71. The van der Waals surface area contributed by atoms with Crippen LogP contribution < -0.4 is 10.1 Å². The normalized spacial score (nSPS) is 12.7. The number of hydrogen-bond acceptors (Lipinski definition) is 4. The van der Waals surface area contributed by atoms with Gasteiger partial charge in [-0.05, 0) is 19.9 Å². The van der Waals surface area contributed by atoms with Crippen molar-refractivity contribution in [3.05, 3.63) is 29.8 Å². The monoisotopic (exact) mass is 267 g/mol. The Bertz CT molecular complexity index is 355. The third-order valence-electron chi connectivity index (χ3n) is 2.71. The highest BCUT2D eigenvalue weighted by Gasteiger charge is 2.08. The third kappa shape index (κ3) is 6.05. The Hall–Kier alpha value is -1.10. The van der Waals surface area contributed by atoms with Crippen molar-refractivity contribution in [3.8, 4) is 5.75 Å². The fourth-order valence-corrected chi connectivity index (χ4v) is 1.78. The van der Waals surface area contributed by atoms with E-state index in [-0.39, 0.29) is 12.2 Å². The summed E-state index contributed by atoms with van der Waals surface area (Å²) in [5.41, 5.74) is 1.16. The van der Waals surface area contributed by atoms with Gasteiger partial charge >= 0.3 is 0 Å². The summed E-state index contributed by atoms with van der Waals surface area (Å²) in [4.78, 5) is 0. The SMILES string of the molecule is COCC(CNCc1ccccc1OC(C)C)OC. The topological polar surface area (TPSA) is 39.7 Å². The van der Waals surface area contributed by atoms with Crippen molar-refractivity contribution >= 4 is 0 Å². The maximum Gasteiger partial charge on any atom is 0.124 e. The van der Waals surface area contributed by atoms with Gasteiger partial charge in [0.25, 0.3) is 0 Å². The predicted molar refractivity (Wildman–Crippen MR) is 76.6 cm³/mol. The van der Waals surface area contributed by atoms with Gasteiger partial charge in [-0.3, -0.25) is 0 Å². The Morgan fingerprint density at radius 3 is 2.53 bits per heavy atom. The molecule has 19 heavy (non-hydrogen) atoms. The maximum absolute atomic E-state index is 5.78. The van der Waals surface area contributed by atoms with E-state index < -0.39 is 0 Å². The minimum Gasteiger partial charge on any atom is -0.491 e. The molecule has 0 aliphatic heterocycles. The second-order valence-corrected chi connectivity index (χ2v) is 4.72. The van der Waals surface area contributed by atoms with Crippen LogP contribution in [0.3, 0.4) is 0 Å². The number of methoxy groups -OCH3 is 2. The van der Waals surface area contributed by atoms with Crippen molar-refractivity contribution < 1.29 is 14.2 Å². The van der Waals surface area contributed by atoms with Gasteiger partial charge < -0.3 is 19.5 Å². The zero-order chi connectivity index (χ0) is 14.1. The summed E-state index contributed by atoms with van der Waals surface area (Å²) in [6.45, 7) is 6.16. The molecule has 4 nitrogen and oxygen atoms in total. The van der Waals surface area contributed by atoms with E-state index in [0.29, 0.717) is 6.61 Å². The fourth-order valence-electron chi connectivity index (χ4n) is 1.78. The maximum atomic E-state index is 5.78. The highest BCUT2D eigenvalue weighted by molar-refractivity contribution is 5.33. The van der Waals surface area contributed by atoms with Gasteiger partial charge in [-0.25, -0.2) is 0 Å². The van der Waals surface area contributed by atoms with E-state index >= 15 is 0 Å². The average molecular weight is 267 g/mol. The van der Waals surface area contributed by atoms with E-state index in [1.165, 1.54) is 0 Å². The van der Waals surface area contributed by atoms with Gasteiger partial charge in [0.1, 0.15) is 5.75 Å². The Balaban J connectivity index is 2.48. The van der Waals surface area contributed by atoms with Crippen LogP contribution in [0.1, 0.15) is 19.4 Å². The molecule has 0 fully saturated rings. The lowest BCUT2D eigenvalue weighted by atomic mass is 10.2. The van der Waals surface area contributed by atoms with Crippen LogP contribution in [-0.4, -0.2) is 39.6 Å². The van der Waals surface area contributed by atoms with Gasteiger partial charge in [-0.15, -0.1) is 0 Å². The molecule has 0 spiro atoms. The largest absolute Gasteiger partial charge is 0.491 e. The van der Waals surface area contributed by atoms with Crippen molar-refractivity contribution in [1.82, 2.24) is 5.32 Å². The molecule has 108 valence electrons. The van der Waals surface area contributed by atoms with Crippen molar-refractivity contribution in [1.29, 1.82) is 0 Å². The summed E-state index contributed by atoms with van der Waals surface area (Å²) >= 11 is 0. The molecular weight excluding hydrogens is 242 g/mol. The second-order valence-electron chi connectivity index (χ2n) is 4.72. The first kappa shape index (κ1) is 16.0. The Morgan fingerprint density at radius 1 is 1.16 bits per heavy atom. The minimum absolute atomic E-state index is 0.0724. The Labute approximate surface area is 116 Å². The summed E-state index contributed by atoms with van der Waals surface area (Å²) in [7, 11) is 3.37. The van der Waals surface area contributed by atoms with Gasteiger partial charge in [0.2, 0.25) is 0 Å². The van der Waals surface area contributed by atoms with Gasteiger partial charge in [-0.1, -0.05) is 18.2 Å². The number of ether oxygens (including phenoxy) is 3. The van der Waals surface area contributed by atoms with Crippen molar-refractivity contribution in [2.24, 2.45) is 0 Å². The fraction of sp³-hybridized carbons (Fsp3) is 0.600. The first-order valence-electron chi connectivity index (χ1n) is 6.64. The van der Waals surface area contributed by atoms with Crippen LogP contribution >= 0.6 is 0 Å². The number of rotatable bonds is 9. The molecule has 0 radical (unpaired) electrons. The molecule has 4 heteroatoms. The van der Waals surface area contributed by atoms with Crippen LogP contribution in [0.15, 0.2) is 24.3 Å². The molecular formula is C15H25NO3. The Morgan fingerprint density at radius 2 is 1.89 bits per heavy atom. The molecule has 0 amide bonds. The molecule has 1 unspecified atom stereocenters. The van der Waals surface area contributed by atoms with Gasteiger partial charge in [-0.2, -0.15) is 0 Å². The summed E-state index contributed by atoms with van der Waals surface area (Å²) in [5.74, 6) is 0.936. The molecule has 0 heterocycles. The molecule has 0 aliphatic rings. The quantitative estimate of drug-likeness (QED) is 0.745. The summed E-state index contributed by atoms with van der Waals surface area (Å²) in [6.07, 6.45) is 0.254. The standard InChI is InChI=1S/C15H25NO3/c1-12(2)19-15-8-6-5-7-13(15)9-16-10-14(18-4)11-17-3/h5-8,12,14,16H,9-11H2,1-4H3. The summed E-state index contributed by atoms with van der Waals surface area (Å²) in [6, 6.07) is 8.08. The van der Waals surface area contributed by atoms with E-state index in [4.69, 9.17) is 14.2 Å². The van der Waals surface area contributed by atoms with Crippen LogP contribution in [0, 0.1) is 0 Å². The number of hydrogen-bond donors (Lipinski definition) is 1. The predicted octanol–water partition coefficient (Wildman–Crippen LogP) is 2.22. The zero-order valence-corrected chi connectivity index (χ0v) is 12.3. The molecule has 1 N–H and O–H groups in total. The van der Waals surface area contributed by atoms with E-state index in [1.807, 2.05) is 32.0 Å². The molecule has 1 rings (SSSR count). The number of nitrogens with one attached hydrogen (secondary N) is 1. The molecule has 1 atom stereocenters. The first-order chi connectivity index (χ1) is 9.17. The van der Waals surface area contributed by atoms with E-state index in [0.717, 1.165) is 24.4 Å². The zero-order valence-electron chi connectivity index (χ0n) is 12.3. The highest BCUT2D eigenvalue weighted by atomic mass is 16.5. The van der Waals surface area contributed by atoms with Crippen molar-refractivity contribution in [2.45, 2.75) is 32.6 Å². The van der Waals surface area contributed by atoms with Crippen molar-refractivity contribution in [3.63, 3.8) is 0 Å². The van der Waals surface area contributed by atoms with Gasteiger partial charge in [0, 0.05) is 32.9 Å². The lowest BCUT2D eigenvalue weighted by Gasteiger charge is -2.17. The molecule has 0 aliphatic carbocycles. The number of benzene rings is 1. The molecule has 0 bridgehead atoms. The van der Waals surface area contributed by atoms with Crippen molar-refractivity contribution in [2.75, 3.05) is 27.4 Å². The lowest BCUT2D eigenvalue weighted by molar-refractivity contribution is 0.0287. The smallest absolute Gasteiger partial charge is 0.124 e. The van der Waals surface area contributed by atoms with Crippen LogP contribution in [-0.2, 0) is 16.0 Å². The molecule has 0 aromatic heterocycles. The van der Waals surface area contributed by atoms with Crippen LogP contribution in [0.2, 0.25) is 0 Å². The first-order valence-corrected chi connectivity index (χ1v) is 6.64. The van der Waals surface area contributed by atoms with Gasteiger partial charge in [0.15, 0.2) is 0 Å². The second kappa shape index (κ2) is 8.91. The van der Waals surface area contributed by atoms with E-state index in [1.54, 1.807) is 14.2 Å². The van der Waals surface area contributed by atoms with E-state index in [9.17, 15) is 0 Å². The number of para-hydroxylation sites is 1. The minimum atomic E-state index is 0.0724. The Kier molecular flexibility index (Phi) is 7.48. The van der Waals surface area contributed by atoms with Gasteiger partial charge in [0.05, 0.1) is 18.8 Å². The molecule has 1 aromatic rings. The lowest BCUT2D eigenvalue weighted by Crippen LogP contribution is -2.31. The van der Waals surface area contributed by atoms with Crippen LogP contribution in [0.4, 0.5) is 0 Å². The highest BCUT2D eigenvalue weighted by Crippen LogP contribution is 2.19. The summed E-state index contributed by atoms with van der Waals surface area (Å²) < 4.78 is 16.2. The van der Waals surface area contributed by atoms with E-state index in [2.05, 4.69) is 11.4 Å². The molecule has 0 saturated heterocycles. The summed E-state index contributed by atoms with van der Waals surface area (Å²) in [5, 5.41) is 3.37. The van der Waals surface area contributed by atoms with Crippen LogP contribution in [0.25, 0.3) is 0 Å². The average Bonchev–Trinajstić information content (AvgIpc) is 2.39. The van der Waals surface area contributed by atoms with Crippen LogP contribution in [0.5, 0.6) is 5.75 Å².